The van der Waals surface area contributed by atoms with Crippen LogP contribution in [-0.4, -0.2) is 54.0 Å². The number of aromatic nitrogens is 4. The van der Waals surface area contributed by atoms with E-state index in [2.05, 4.69) is 70.8 Å². The predicted octanol–water partition coefficient (Wildman–Crippen LogP) is 16.9. The molecule has 0 unspecified atom stereocenters. The second-order valence-corrected chi connectivity index (χ2v) is 22.3. The standard InChI is InChI=1S/2C30H30F3N3O3/c2*1-18-13-23(17-29(2,3)16-18)36-26-12-7-20(19-5-4-6-21(14-19)27(37)38)15-25(26)35-28(36)34-22-8-10-24(11-9-22)39-30(31,32)33/h2*4-12,14-15,18,23H,13,16-17H2,1-3H3,(H,34,35)(H,37,38)/t2*18-,23+/m10/s1. The molecule has 0 saturated heterocycles. The Labute approximate surface area is 447 Å². The molecule has 2 aliphatic carbocycles. The van der Waals surface area contributed by atoms with Crippen LogP contribution in [0, 0.1) is 22.7 Å². The van der Waals surface area contributed by atoms with Gasteiger partial charge in [-0.3, -0.25) is 0 Å². The molecule has 0 amide bonds. The number of carboxylic acids is 2. The maximum absolute atomic E-state index is 12.6. The third kappa shape index (κ3) is 13.2. The van der Waals surface area contributed by atoms with Gasteiger partial charge in [-0.25, -0.2) is 19.6 Å². The Morgan fingerprint density at radius 2 is 0.885 bits per heavy atom. The van der Waals surface area contributed by atoms with E-state index >= 15 is 0 Å². The van der Waals surface area contributed by atoms with Gasteiger partial charge in [0.25, 0.3) is 0 Å². The van der Waals surface area contributed by atoms with E-state index in [-0.39, 0.29) is 45.5 Å². The van der Waals surface area contributed by atoms with E-state index in [1.165, 1.54) is 48.5 Å². The van der Waals surface area contributed by atoms with Crippen LogP contribution in [0.1, 0.15) is 113 Å². The molecule has 408 valence electrons. The minimum atomic E-state index is -4.75. The maximum atomic E-state index is 12.6. The Hall–Kier alpha value is -8.02. The van der Waals surface area contributed by atoms with Crippen LogP contribution in [0.15, 0.2) is 133 Å². The molecule has 4 N–H and O–H groups in total. The highest BCUT2D eigenvalue weighted by atomic mass is 19.4. The minimum Gasteiger partial charge on any atom is -0.478 e. The first-order valence-corrected chi connectivity index (χ1v) is 25.7. The molecule has 6 aromatic carbocycles. The van der Waals surface area contributed by atoms with Crippen LogP contribution < -0.4 is 20.1 Å². The van der Waals surface area contributed by atoms with Gasteiger partial charge in [0.1, 0.15) is 11.5 Å². The number of anilines is 4. The molecule has 0 aliphatic heterocycles. The number of carbonyl (C=O) groups is 2. The summed E-state index contributed by atoms with van der Waals surface area (Å²) in [6.45, 7) is 13.6. The number of hydrogen-bond donors (Lipinski definition) is 4. The van der Waals surface area contributed by atoms with Crippen molar-refractivity contribution in [2.75, 3.05) is 10.6 Å². The average molecular weight is 1080 g/mol. The fourth-order valence-corrected chi connectivity index (χ4v) is 11.9. The molecule has 2 heterocycles. The van der Waals surface area contributed by atoms with E-state index in [1.54, 1.807) is 36.4 Å². The van der Waals surface area contributed by atoms with Gasteiger partial charge in [0.15, 0.2) is 0 Å². The van der Waals surface area contributed by atoms with E-state index in [1.807, 2.05) is 48.5 Å². The van der Waals surface area contributed by atoms with Crippen LogP contribution >= 0.6 is 0 Å². The van der Waals surface area contributed by atoms with Crippen molar-refractivity contribution in [1.29, 1.82) is 0 Å². The van der Waals surface area contributed by atoms with E-state index in [4.69, 9.17) is 9.97 Å². The summed E-state index contributed by atoms with van der Waals surface area (Å²) in [5.74, 6) is -0.345. The van der Waals surface area contributed by atoms with Gasteiger partial charge in [0.2, 0.25) is 11.9 Å². The van der Waals surface area contributed by atoms with Gasteiger partial charge in [-0.05, 0) is 181 Å². The van der Waals surface area contributed by atoms with Crippen molar-refractivity contribution in [2.45, 2.75) is 105 Å². The fourth-order valence-electron chi connectivity index (χ4n) is 11.9. The molecule has 2 saturated carbocycles. The second-order valence-electron chi connectivity index (χ2n) is 22.3. The quantitative estimate of drug-likeness (QED) is 0.0870. The fraction of sp³-hybridized carbons (Fsp3) is 0.333. The summed E-state index contributed by atoms with van der Waals surface area (Å²) in [6.07, 6.45) is -3.39. The highest BCUT2D eigenvalue weighted by molar-refractivity contribution is 5.92. The van der Waals surface area contributed by atoms with Crippen LogP contribution in [0.25, 0.3) is 44.3 Å². The lowest BCUT2D eigenvalue weighted by molar-refractivity contribution is -0.275. The van der Waals surface area contributed by atoms with Crippen molar-refractivity contribution in [2.24, 2.45) is 22.7 Å². The van der Waals surface area contributed by atoms with E-state index in [9.17, 15) is 46.1 Å². The molecule has 8 aromatic rings. The number of carboxylic acid groups (broad SMARTS) is 2. The summed E-state index contributed by atoms with van der Waals surface area (Å²) < 4.78 is 88.0. The van der Waals surface area contributed by atoms with E-state index in [0.29, 0.717) is 35.1 Å². The zero-order valence-electron chi connectivity index (χ0n) is 43.8. The Morgan fingerprint density at radius 1 is 0.526 bits per heavy atom. The van der Waals surface area contributed by atoms with Crippen molar-refractivity contribution in [3.63, 3.8) is 0 Å². The minimum absolute atomic E-state index is 0.143. The van der Waals surface area contributed by atoms with Crippen LogP contribution in [0.2, 0.25) is 0 Å². The first-order valence-electron chi connectivity index (χ1n) is 25.7. The number of hydrogen-bond acceptors (Lipinski definition) is 8. The number of alkyl halides is 6. The summed E-state index contributed by atoms with van der Waals surface area (Å²) in [5, 5.41) is 25.4. The zero-order valence-corrected chi connectivity index (χ0v) is 43.8. The first-order chi connectivity index (χ1) is 36.7. The van der Waals surface area contributed by atoms with E-state index in [0.717, 1.165) is 82.8 Å². The molecular formula is C60H60F6N6O6. The summed E-state index contributed by atoms with van der Waals surface area (Å²) in [7, 11) is 0. The van der Waals surface area contributed by atoms with Crippen molar-refractivity contribution < 1.29 is 55.6 Å². The molecule has 10 rings (SSSR count). The summed E-state index contributed by atoms with van der Waals surface area (Å²) >= 11 is 0. The molecule has 2 fully saturated rings. The number of imidazole rings is 2. The number of rotatable bonds is 12. The normalized spacial score (nSPS) is 19.1. The maximum Gasteiger partial charge on any atom is 0.573 e. The van der Waals surface area contributed by atoms with Crippen molar-refractivity contribution in [3.8, 4) is 33.8 Å². The Bertz CT molecular complexity index is 3250. The molecular weight excluding hydrogens is 1010 g/mol. The zero-order chi connectivity index (χ0) is 55.9. The van der Waals surface area contributed by atoms with Gasteiger partial charge in [-0.1, -0.05) is 77.9 Å². The Morgan fingerprint density at radius 3 is 1.22 bits per heavy atom. The molecule has 0 spiro atoms. The highest BCUT2D eigenvalue weighted by Gasteiger charge is 2.37. The van der Waals surface area contributed by atoms with Gasteiger partial charge in [-0.2, -0.15) is 0 Å². The number of ether oxygens (including phenoxy) is 2. The molecule has 0 bridgehead atoms. The number of halogens is 6. The van der Waals surface area contributed by atoms with Crippen molar-refractivity contribution in [1.82, 2.24) is 19.1 Å². The van der Waals surface area contributed by atoms with Gasteiger partial charge in [0.05, 0.1) is 33.2 Å². The predicted molar refractivity (Wildman–Crippen MR) is 289 cm³/mol. The summed E-state index contributed by atoms with van der Waals surface area (Å²) in [4.78, 5) is 32.8. The number of benzene rings is 6. The molecule has 4 atom stereocenters. The highest BCUT2D eigenvalue weighted by Crippen LogP contribution is 2.48. The molecule has 18 heteroatoms. The largest absolute Gasteiger partial charge is 0.573 e. The van der Waals surface area contributed by atoms with Crippen LogP contribution in [0.4, 0.5) is 49.6 Å². The summed E-state index contributed by atoms with van der Waals surface area (Å²) in [5.41, 5.74) is 8.43. The third-order valence-corrected chi connectivity index (χ3v) is 14.4. The van der Waals surface area contributed by atoms with Crippen molar-refractivity contribution >= 4 is 57.3 Å². The second kappa shape index (κ2) is 21.4. The van der Waals surface area contributed by atoms with Gasteiger partial charge < -0.3 is 39.5 Å². The average Bonchev–Trinajstić information content (AvgIpc) is 4.08. The molecule has 12 nitrogen and oxygen atoms in total. The molecule has 0 radical (unpaired) electrons. The van der Waals surface area contributed by atoms with Gasteiger partial charge in [0, 0.05) is 23.5 Å². The lowest BCUT2D eigenvalue weighted by atomic mass is 9.70. The lowest BCUT2D eigenvalue weighted by Crippen LogP contribution is -2.29. The van der Waals surface area contributed by atoms with Crippen LogP contribution in [-0.2, 0) is 0 Å². The molecule has 2 aromatic heterocycles. The number of nitrogens with one attached hydrogen (secondary N) is 2. The SMILES string of the molecule is C[C@@H]1C[C@H](n2c(Nc3ccc(OC(F)(F)F)cc3)nc3cc(-c4cccc(C(=O)O)c4)ccc32)CC(C)(C)C1.C[C@H]1C[C@@H](n2c(Nc3ccc(OC(F)(F)F)cc3)nc3cc(-c4cccc(C(=O)O)c4)ccc32)CC(C)(C)C1. The summed E-state index contributed by atoms with van der Waals surface area (Å²) in [6, 6.07) is 36.9. The monoisotopic (exact) mass is 1070 g/mol. The smallest absolute Gasteiger partial charge is 0.478 e. The number of nitrogens with zero attached hydrogens (tertiary/aromatic N) is 4. The van der Waals surface area contributed by atoms with Crippen molar-refractivity contribution in [3.05, 3.63) is 145 Å². The number of fused-ring (bicyclic) bond motifs is 2. The number of aromatic carboxylic acids is 2. The Kier molecular flexibility index (Phi) is 15.0. The van der Waals surface area contributed by atoms with E-state index < -0.39 is 24.7 Å². The van der Waals surface area contributed by atoms with Gasteiger partial charge in [-0.15, -0.1) is 26.3 Å². The molecule has 2 aliphatic rings. The third-order valence-electron chi connectivity index (χ3n) is 14.4. The first kappa shape index (κ1) is 54.8. The Balaban J connectivity index is 0.000000190. The van der Waals surface area contributed by atoms with Gasteiger partial charge >= 0.3 is 24.7 Å². The van der Waals surface area contributed by atoms with Crippen LogP contribution in [0.3, 0.4) is 0 Å². The topological polar surface area (TPSA) is 153 Å². The molecule has 78 heavy (non-hydrogen) atoms. The lowest BCUT2D eigenvalue weighted by Gasteiger charge is -2.40. The van der Waals surface area contributed by atoms with Crippen LogP contribution in [0.5, 0.6) is 11.5 Å².